The monoisotopic (exact) mass is 247 g/mol. The Labute approximate surface area is 98.4 Å². The molecule has 0 saturated carbocycles. The van der Waals surface area contributed by atoms with Crippen LogP contribution in [0.2, 0.25) is 0 Å². The summed E-state index contributed by atoms with van der Waals surface area (Å²) in [6, 6.07) is 0. The molecule has 1 heterocycles. The Morgan fingerprint density at radius 3 is 2.87 bits per heavy atom. The standard InChI is InChI=1S/C10H14ClNO2S/c1-4-14-10(2,3)9-12-7(6-15-9)8(13)5-11/h6H,4-5H2,1-3H3. The van der Waals surface area contributed by atoms with Gasteiger partial charge in [-0.1, -0.05) is 0 Å². The molecular formula is C10H14ClNO2S. The lowest BCUT2D eigenvalue weighted by Gasteiger charge is -2.21. The molecule has 0 aliphatic rings. The zero-order chi connectivity index (χ0) is 11.5. The summed E-state index contributed by atoms with van der Waals surface area (Å²) in [5, 5.41) is 2.53. The van der Waals surface area contributed by atoms with Crippen molar-refractivity contribution in [3.05, 3.63) is 16.1 Å². The van der Waals surface area contributed by atoms with Gasteiger partial charge in [0.05, 0.1) is 5.88 Å². The Balaban J connectivity index is 2.88. The highest BCUT2D eigenvalue weighted by molar-refractivity contribution is 7.10. The van der Waals surface area contributed by atoms with Crippen LogP contribution < -0.4 is 0 Å². The summed E-state index contributed by atoms with van der Waals surface area (Å²) in [6.45, 7) is 6.42. The number of hydrogen-bond acceptors (Lipinski definition) is 4. The van der Waals surface area contributed by atoms with Crippen LogP contribution in [0.4, 0.5) is 0 Å². The first-order chi connectivity index (χ1) is 7.01. The number of thiazole rings is 1. The summed E-state index contributed by atoms with van der Waals surface area (Å²) < 4.78 is 5.55. The van der Waals surface area contributed by atoms with Crippen LogP contribution in [0.5, 0.6) is 0 Å². The average Bonchev–Trinajstić information content (AvgIpc) is 2.66. The molecule has 0 saturated heterocycles. The third kappa shape index (κ3) is 3.00. The minimum Gasteiger partial charge on any atom is -0.369 e. The van der Waals surface area contributed by atoms with Crippen molar-refractivity contribution >= 4 is 28.7 Å². The number of ketones is 1. The van der Waals surface area contributed by atoms with Crippen molar-refractivity contribution in [2.24, 2.45) is 0 Å². The van der Waals surface area contributed by atoms with Gasteiger partial charge in [-0.05, 0) is 20.8 Å². The first-order valence-corrected chi connectivity index (χ1v) is 6.11. The molecule has 0 aliphatic heterocycles. The molecule has 0 N–H and O–H groups in total. The van der Waals surface area contributed by atoms with Crippen molar-refractivity contribution in [3.8, 4) is 0 Å². The molecule has 0 amide bonds. The molecule has 1 rings (SSSR count). The molecule has 0 fully saturated rings. The Bertz CT molecular complexity index is 349. The fourth-order valence-corrected chi connectivity index (χ4v) is 2.21. The third-order valence-electron chi connectivity index (χ3n) is 1.93. The molecule has 0 bridgehead atoms. The number of ether oxygens (including phenoxy) is 1. The van der Waals surface area contributed by atoms with Crippen LogP contribution in [0, 0.1) is 0 Å². The number of alkyl halides is 1. The Hall–Kier alpha value is -0.450. The van der Waals surface area contributed by atoms with Crippen molar-refractivity contribution < 1.29 is 9.53 Å². The lowest BCUT2D eigenvalue weighted by Crippen LogP contribution is -2.21. The van der Waals surface area contributed by atoms with Crippen molar-refractivity contribution in [2.75, 3.05) is 12.5 Å². The fraction of sp³-hybridized carbons (Fsp3) is 0.600. The van der Waals surface area contributed by atoms with E-state index in [2.05, 4.69) is 4.98 Å². The second-order valence-corrected chi connectivity index (χ2v) is 4.66. The molecule has 5 heteroatoms. The maximum Gasteiger partial charge on any atom is 0.196 e. The number of nitrogens with zero attached hydrogens (tertiary/aromatic N) is 1. The molecule has 1 aromatic heterocycles. The van der Waals surface area contributed by atoms with Gasteiger partial charge in [0.15, 0.2) is 5.78 Å². The highest BCUT2D eigenvalue weighted by atomic mass is 35.5. The molecule has 0 atom stereocenters. The number of rotatable bonds is 5. The van der Waals surface area contributed by atoms with Crippen molar-refractivity contribution in [2.45, 2.75) is 26.4 Å². The van der Waals surface area contributed by atoms with E-state index in [1.165, 1.54) is 11.3 Å². The second-order valence-electron chi connectivity index (χ2n) is 3.54. The summed E-state index contributed by atoms with van der Waals surface area (Å²) in [7, 11) is 0. The van der Waals surface area contributed by atoms with Gasteiger partial charge in [0.1, 0.15) is 16.3 Å². The third-order valence-corrected chi connectivity index (χ3v) is 3.32. The molecule has 0 aliphatic carbocycles. The van der Waals surface area contributed by atoms with Crippen molar-refractivity contribution in [3.63, 3.8) is 0 Å². The van der Waals surface area contributed by atoms with E-state index in [0.29, 0.717) is 12.3 Å². The van der Waals surface area contributed by atoms with Crippen molar-refractivity contribution in [1.29, 1.82) is 0 Å². The quantitative estimate of drug-likeness (QED) is 0.593. The first-order valence-electron chi connectivity index (χ1n) is 4.70. The highest BCUT2D eigenvalue weighted by Crippen LogP contribution is 2.27. The summed E-state index contributed by atoms with van der Waals surface area (Å²) >= 11 is 6.88. The van der Waals surface area contributed by atoms with Gasteiger partial charge in [0.2, 0.25) is 0 Å². The molecule has 0 spiro atoms. The number of carbonyl (C=O) groups excluding carboxylic acids is 1. The van der Waals surface area contributed by atoms with Crippen molar-refractivity contribution in [1.82, 2.24) is 4.98 Å². The topological polar surface area (TPSA) is 39.2 Å². The van der Waals surface area contributed by atoms with E-state index in [0.717, 1.165) is 5.01 Å². The van der Waals surface area contributed by atoms with E-state index in [9.17, 15) is 4.79 Å². The molecule has 0 aromatic carbocycles. The highest BCUT2D eigenvalue weighted by Gasteiger charge is 2.25. The summed E-state index contributed by atoms with van der Waals surface area (Å²) in [4.78, 5) is 15.5. The van der Waals surface area contributed by atoms with E-state index in [1.807, 2.05) is 20.8 Å². The smallest absolute Gasteiger partial charge is 0.196 e. The number of halogens is 1. The van der Waals surface area contributed by atoms with Crippen LogP contribution in [-0.2, 0) is 10.3 Å². The van der Waals surface area contributed by atoms with E-state index >= 15 is 0 Å². The zero-order valence-corrected chi connectivity index (χ0v) is 10.6. The van der Waals surface area contributed by atoms with E-state index in [1.54, 1.807) is 5.38 Å². The van der Waals surface area contributed by atoms with Gasteiger partial charge in [0, 0.05) is 12.0 Å². The predicted molar refractivity (Wildman–Crippen MR) is 61.8 cm³/mol. The predicted octanol–water partition coefficient (Wildman–Crippen LogP) is 2.84. The van der Waals surface area contributed by atoms with Crippen LogP contribution in [0.25, 0.3) is 0 Å². The molecule has 3 nitrogen and oxygen atoms in total. The molecule has 84 valence electrons. The first kappa shape index (κ1) is 12.6. The van der Waals surface area contributed by atoms with Crippen LogP contribution in [-0.4, -0.2) is 23.3 Å². The number of hydrogen-bond donors (Lipinski definition) is 0. The lowest BCUT2D eigenvalue weighted by atomic mass is 10.1. The molecule has 1 aromatic rings. The minimum absolute atomic E-state index is 0.0295. The fourth-order valence-electron chi connectivity index (χ4n) is 1.17. The second kappa shape index (κ2) is 5.05. The van der Waals surface area contributed by atoms with Crippen LogP contribution in [0.1, 0.15) is 36.3 Å². The van der Waals surface area contributed by atoms with Crippen LogP contribution in [0.15, 0.2) is 5.38 Å². The minimum atomic E-state index is -0.440. The number of aromatic nitrogens is 1. The normalized spacial score (nSPS) is 11.7. The summed E-state index contributed by atoms with van der Waals surface area (Å²) in [5.74, 6) is -0.176. The maximum atomic E-state index is 11.3. The SMILES string of the molecule is CCOC(C)(C)c1nc(C(=O)CCl)cs1. The molecule has 0 unspecified atom stereocenters. The Morgan fingerprint density at radius 2 is 2.33 bits per heavy atom. The lowest BCUT2D eigenvalue weighted by molar-refractivity contribution is -0.0142. The Morgan fingerprint density at radius 1 is 1.67 bits per heavy atom. The van der Waals surface area contributed by atoms with Gasteiger partial charge >= 0.3 is 0 Å². The average molecular weight is 248 g/mol. The van der Waals surface area contributed by atoms with E-state index < -0.39 is 5.60 Å². The number of carbonyl (C=O) groups is 1. The summed E-state index contributed by atoms with van der Waals surface area (Å²) in [6.07, 6.45) is 0. The zero-order valence-electron chi connectivity index (χ0n) is 9.04. The molecular weight excluding hydrogens is 234 g/mol. The van der Waals surface area contributed by atoms with Crippen LogP contribution in [0.3, 0.4) is 0 Å². The Kier molecular flexibility index (Phi) is 4.25. The maximum absolute atomic E-state index is 11.3. The van der Waals surface area contributed by atoms with Gasteiger partial charge in [0.25, 0.3) is 0 Å². The van der Waals surface area contributed by atoms with Gasteiger partial charge in [-0.25, -0.2) is 4.98 Å². The van der Waals surface area contributed by atoms with Crippen LogP contribution >= 0.6 is 22.9 Å². The molecule has 15 heavy (non-hydrogen) atoms. The van der Waals surface area contributed by atoms with Gasteiger partial charge in [-0.3, -0.25) is 4.79 Å². The van der Waals surface area contributed by atoms with E-state index in [4.69, 9.17) is 16.3 Å². The van der Waals surface area contributed by atoms with Gasteiger partial charge in [-0.15, -0.1) is 22.9 Å². The van der Waals surface area contributed by atoms with Gasteiger partial charge < -0.3 is 4.74 Å². The molecule has 0 radical (unpaired) electrons. The van der Waals surface area contributed by atoms with Gasteiger partial charge in [-0.2, -0.15) is 0 Å². The number of Topliss-reactive ketones (excluding diaryl/α,β-unsaturated/α-hetero) is 1. The summed E-state index contributed by atoms with van der Waals surface area (Å²) in [5.41, 5.74) is -0.0117. The van der Waals surface area contributed by atoms with E-state index in [-0.39, 0.29) is 11.7 Å². The largest absolute Gasteiger partial charge is 0.369 e.